The normalized spacial score (nSPS) is 35.8. The zero-order valence-corrected chi connectivity index (χ0v) is 13.3. The van der Waals surface area contributed by atoms with Gasteiger partial charge in [0.05, 0.1) is 5.92 Å². The molecule has 2 saturated carbocycles. The Morgan fingerprint density at radius 3 is 2.15 bits per heavy atom. The van der Waals surface area contributed by atoms with Gasteiger partial charge in [-0.2, -0.15) is 0 Å². The Morgan fingerprint density at radius 1 is 1.00 bits per heavy atom. The molecular weight excluding hydrogens is 250 g/mol. The van der Waals surface area contributed by atoms with E-state index in [-0.39, 0.29) is 5.92 Å². The predicted molar refractivity (Wildman–Crippen MR) is 81.7 cm³/mol. The van der Waals surface area contributed by atoms with Gasteiger partial charge in [0.25, 0.3) is 0 Å². The number of rotatable bonds is 3. The van der Waals surface area contributed by atoms with Crippen LogP contribution in [-0.2, 0) is 4.79 Å². The number of carbonyl (C=O) groups is 1. The van der Waals surface area contributed by atoms with Crippen LogP contribution >= 0.6 is 0 Å². The van der Waals surface area contributed by atoms with E-state index < -0.39 is 5.97 Å². The molecule has 116 valence electrons. The number of nitrogens with one attached hydrogen (secondary N) is 1. The van der Waals surface area contributed by atoms with Crippen LogP contribution in [0, 0.1) is 17.3 Å². The molecule has 2 unspecified atom stereocenters. The van der Waals surface area contributed by atoms with Gasteiger partial charge >= 0.3 is 5.97 Å². The summed E-state index contributed by atoms with van der Waals surface area (Å²) in [5.41, 5.74) is 0.371. The first-order valence-electron chi connectivity index (χ1n) is 8.37. The van der Waals surface area contributed by atoms with Gasteiger partial charge in [-0.15, -0.1) is 0 Å². The van der Waals surface area contributed by atoms with Crippen LogP contribution < -0.4 is 5.32 Å². The number of carboxylic acid groups (broad SMARTS) is 1. The van der Waals surface area contributed by atoms with Gasteiger partial charge in [0.15, 0.2) is 0 Å². The highest BCUT2D eigenvalue weighted by Gasteiger charge is 2.36. The number of hydrogen-bond acceptors (Lipinski definition) is 2. The van der Waals surface area contributed by atoms with Crippen LogP contribution in [0.3, 0.4) is 0 Å². The highest BCUT2D eigenvalue weighted by atomic mass is 16.4. The van der Waals surface area contributed by atoms with E-state index in [1.807, 2.05) is 0 Å². The van der Waals surface area contributed by atoms with Crippen molar-refractivity contribution in [1.82, 2.24) is 5.32 Å². The van der Waals surface area contributed by atoms with Gasteiger partial charge in [-0.25, -0.2) is 0 Å². The summed E-state index contributed by atoms with van der Waals surface area (Å²) in [6.45, 7) is 7.08. The Labute approximate surface area is 123 Å². The highest BCUT2D eigenvalue weighted by molar-refractivity contribution is 5.70. The van der Waals surface area contributed by atoms with Crippen LogP contribution in [-0.4, -0.2) is 23.2 Å². The summed E-state index contributed by atoms with van der Waals surface area (Å²) in [5.74, 6) is 0.0555. The third kappa shape index (κ3) is 3.97. The summed E-state index contributed by atoms with van der Waals surface area (Å²) in [6, 6.07) is 1.17. The van der Waals surface area contributed by atoms with E-state index in [4.69, 9.17) is 5.11 Å². The summed E-state index contributed by atoms with van der Waals surface area (Å²) >= 11 is 0. The fourth-order valence-electron chi connectivity index (χ4n) is 4.18. The standard InChI is InChI=1S/C17H31NO2/c1-17(2,3)14-6-4-5-7-15(14)18-13-10-8-12(9-11-13)16(19)20/h12-15,18H,4-11H2,1-3H3,(H,19,20). The van der Waals surface area contributed by atoms with E-state index in [0.717, 1.165) is 31.6 Å². The largest absolute Gasteiger partial charge is 0.481 e. The minimum absolute atomic E-state index is 0.0992. The maximum Gasteiger partial charge on any atom is 0.306 e. The third-order valence-electron chi connectivity index (χ3n) is 5.40. The molecule has 3 heteroatoms. The molecule has 2 atom stereocenters. The molecule has 2 fully saturated rings. The summed E-state index contributed by atoms with van der Waals surface area (Å²) in [5, 5.41) is 13.0. The molecule has 2 aliphatic carbocycles. The molecule has 0 aromatic carbocycles. The number of hydrogen-bond donors (Lipinski definition) is 2. The molecule has 0 radical (unpaired) electrons. The van der Waals surface area contributed by atoms with E-state index in [1.54, 1.807) is 0 Å². The lowest BCUT2D eigenvalue weighted by atomic mass is 9.69. The molecule has 0 heterocycles. The second kappa shape index (κ2) is 6.46. The van der Waals surface area contributed by atoms with Crippen LogP contribution in [0.15, 0.2) is 0 Å². The Balaban J connectivity index is 1.87. The smallest absolute Gasteiger partial charge is 0.306 e. The van der Waals surface area contributed by atoms with Crippen molar-refractivity contribution >= 4 is 5.97 Å². The summed E-state index contributed by atoms with van der Waals surface area (Å²) < 4.78 is 0. The van der Waals surface area contributed by atoms with Gasteiger partial charge in [0.2, 0.25) is 0 Å². The lowest BCUT2D eigenvalue weighted by Crippen LogP contribution is -2.49. The SMILES string of the molecule is CC(C)(C)C1CCCCC1NC1CCC(C(=O)O)CC1. The van der Waals surface area contributed by atoms with Gasteiger partial charge < -0.3 is 10.4 Å². The molecule has 20 heavy (non-hydrogen) atoms. The van der Waals surface area contributed by atoms with Crippen molar-refractivity contribution in [3.8, 4) is 0 Å². The molecule has 0 bridgehead atoms. The van der Waals surface area contributed by atoms with Crippen molar-refractivity contribution in [2.45, 2.75) is 84.2 Å². The van der Waals surface area contributed by atoms with E-state index in [0.29, 0.717) is 17.5 Å². The molecule has 3 nitrogen and oxygen atoms in total. The zero-order valence-electron chi connectivity index (χ0n) is 13.3. The topological polar surface area (TPSA) is 49.3 Å². The maximum absolute atomic E-state index is 11.0. The molecule has 2 aliphatic rings. The first kappa shape index (κ1) is 15.8. The van der Waals surface area contributed by atoms with E-state index in [2.05, 4.69) is 26.1 Å². The second-order valence-corrected chi connectivity index (χ2v) is 7.92. The molecular formula is C17H31NO2. The molecule has 0 aromatic heterocycles. The van der Waals surface area contributed by atoms with E-state index in [9.17, 15) is 4.79 Å². The second-order valence-electron chi connectivity index (χ2n) is 7.92. The third-order valence-corrected chi connectivity index (χ3v) is 5.40. The molecule has 0 saturated heterocycles. The molecule has 0 amide bonds. The fourth-order valence-corrected chi connectivity index (χ4v) is 4.18. The van der Waals surface area contributed by atoms with Crippen LogP contribution in [0.1, 0.15) is 72.1 Å². The van der Waals surface area contributed by atoms with Crippen molar-refractivity contribution in [2.24, 2.45) is 17.3 Å². The molecule has 0 spiro atoms. The van der Waals surface area contributed by atoms with Crippen LogP contribution in [0.25, 0.3) is 0 Å². The Bertz CT molecular complexity index is 326. The predicted octanol–water partition coefficient (Wildman–Crippen LogP) is 3.82. The van der Waals surface area contributed by atoms with Gasteiger partial charge in [-0.1, -0.05) is 33.6 Å². The first-order chi connectivity index (χ1) is 9.38. The average Bonchev–Trinajstić information content (AvgIpc) is 2.38. The lowest BCUT2D eigenvalue weighted by Gasteiger charge is -2.43. The Kier molecular flexibility index (Phi) is 5.11. The lowest BCUT2D eigenvalue weighted by molar-refractivity contribution is -0.142. The van der Waals surface area contributed by atoms with Crippen molar-refractivity contribution in [3.05, 3.63) is 0 Å². The van der Waals surface area contributed by atoms with Gasteiger partial charge in [-0.05, 0) is 49.9 Å². The monoisotopic (exact) mass is 281 g/mol. The van der Waals surface area contributed by atoms with Crippen LogP contribution in [0.5, 0.6) is 0 Å². The summed E-state index contributed by atoms with van der Waals surface area (Å²) in [4.78, 5) is 11.0. The quantitative estimate of drug-likeness (QED) is 0.826. The molecule has 0 aromatic rings. The average molecular weight is 281 g/mol. The number of carboxylic acids is 1. The highest BCUT2D eigenvalue weighted by Crippen LogP contribution is 2.38. The summed E-state index contributed by atoms with van der Waals surface area (Å²) in [6.07, 6.45) is 9.10. The van der Waals surface area contributed by atoms with Gasteiger partial charge in [0.1, 0.15) is 0 Å². The summed E-state index contributed by atoms with van der Waals surface area (Å²) in [7, 11) is 0. The van der Waals surface area contributed by atoms with Gasteiger partial charge in [-0.3, -0.25) is 4.79 Å². The van der Waals surface area contributed by atoms with E-state index >= 15 is 0 Å². The minimum atomic E-state index is -0.603. The Hall–Kier alpha value is -0.570. The zero-order chi connectivity index (χ0) is 14.8. The molecule has 2 N–H and O–H groups in total. The van der Waals surface area contributed by atoms with Crippen LogP contribution in [0.2, 0.25) is 0 Å². The Morgan fingerprint density at radius 2 is 1.60 bits per heavy atom. The molecule has 0 aliphatic heterocycles. The van der Waals surface area contributed by atoms with Crippen molar-refractivity contribution in [3.63, 3.8) is 0 Å². The molecule has 2 rings (SSSR count). The van der Waals surface area contributed by atoms with Crippen LogP contribution in [0.4, 0.5) is 0 Å². The van der Waals surface area contributed by atoms with E-state index in [1.165, 1.54) is 25.7 Å². The van der Waals surface area contributed by atoms with Gasteiger partial charge in [0, 0.05) is 12.1 Å². The van der Waals surface area contributed by atoms with Crippen molar-refractivity contribution in [1.29, 1.82) is 0 Å². The van der Waals surface area contributed by atoms with Crippen molar-refractivity contribution < 1.29 is 9.90 Å². The fraction of sp³-hybridized carbons (Fsp3) is 0.941. The maximum atomic E-state index is 11.0. The minimum Gasteiger partial charge on any atom is -0.481 e. The first-order valence-corrected chi connectivity index (χ1v) is 8.37. The van der Waals surface area contributed by atoms with Crippen molar-refractivity contribution in [2.75, 3.05) is 0 Å². The number of aliphatic carboxylic acids is 1.